The first-order valence-corrected chi connectivity index (χ1v) is 11.1. The molecule has 3 aliphatic rings. The number of sulfonamides is 1. The third-order valence-electron chi connectivity index (χ3n) is 5.86. The molecule has 0 aromatic rings. The first-order chi connectivity index (χ1) is 11.5. The lowest BCUT2D eigenvalue weighted by Gasteiger charge is -2.36. The molecule has 146 valence electrons. The number of unbranched alkanes of at least 4 members (excludes halogenated alkanes) is 1. The Bertz CT molecular complexity index is 535. The van der Waals surface area contributed by atoms with Crippen molar-refractivity contribution in [3.8, 4) is 0 Å². The van der Waals surface area contributed by atoms with Gasteiger partial charge >= 0.3 is 0 Å². The molecule has 1 N–H and O–H groups in total. The molecule has 3 saturated heterocycles. The maximum absolute atomic E-state index is 13.0. The van der Waals surface area contributed by atoms with Crippen molar-refractivity contribution in [2.24, 2.45) is 5.92 Å². The van der Waals surface area contributed by atoms with Gasteiger partial charge in [-0.3, -0.25) is 4.79 Å². The monoisotopic (exact) mass is 393 g/mol. The molecule has 0 spiro atoms. The molecule has 8 heteroatoms. The molecular formula is C17H32ClN3O3S. The van der Waals surface area contributed by atoms with Gasteiger partial charge < -0.3 is 10.2 Å². The lowest BCUT2D eigenvalue weighted by Crippen LogP contribution is -2.49. The molecule has 3 heterocycles. The number of carbonyl (C=O) groups excluding carboxylic acids is 1. The number of halogens is 1. The Hall–Kier alpha value is -0.370. The number of nitrogens with one attached hydrogen (secondary N) is 1. The Balaban J connectivity index is 0.00000225. The molecule has 3 aliphatic heterocycles. The van der Waals surface area contributed by atoms with E-state index >= 15 is 0 Å². The Morgan fingerprint density at radius 3 is 2.44 bits per heavy atom. The summed E-state index contributed by atoms with van der Waals surface area (Å²) in [5.74, 6) is 0.518. The average molecular weight is 394 g/mol. The molecule has 2 bridgehead atoms. The summed E-state index contributed by atoms with van der Waals surface area (Å²) in [5, 5.41) is 3.43. The number of hydrogen-bond acceptors (Lipinski definition) is 4. The van der Waals surface area contributed by atoms with Gasteiger partial charge in [0.15, 0.2) is 0 Å². The third kappa shape index (κ3) is 4.67. The third-order valence-corrected chi connectivity index (χ3v) is 7.82. The number of nitrogens with zero attached hydrogens (tertiary/aromatic N) is 2. The zero-order valence-corrected chi connectivity index (χ0v) is 16.8. The summed E-state index contributed by atoms with van der Waals surface area (Å²) >= 11 is 0. The topological polar surface area (TPSA) is 69.7 Å². The molecule has 3 rings (SSSR count). The van der Waals surface area contributed by atoms with Gasteiger partial charge in [0.1, 0.15) is 0 Å². The number of hydrogen-bond donors (Lipinski definition) is 1. The molecule has 2 atom stereocenters. The van der Waals surface area contributed by atoms with Crippen molar-refractivity contribution in [3.05, 3.63) is 0 Å². The fourth-order valence-electron chi connectivity index (χ4n) is 4.39. The van der Waals surface area contributed by atoms with Crippen molar-refractivity contribution in [3.63, 3.8) is 0 Å². The van der Waals surface area contributed by atoms with E-state index < -0.39 is 10.0 Å². The van der Waals surface area contributed by atoms with E-state index in [2.05, 4.69) is 10.2 Å². The Morgan fingerprint density at radius 1 is 1.08 bits per heavy atom. The first kappa shape index (κ1) is 20.9. The van der Waals surface area contributed by atoms with Gasteiger partial charge in [0.2, 0.25) is 15.9 Å². The smallest absolute Gasteiger partial charge is 0.226 e. The Labute approximate surface area is 158 Å². The van der Waals surface area contributed by atoms with Crippen molar-refractivity contribution < 1.29 is 13.2 Å². The number of piperidine rings is 1. The molecule has 2 unspecified atom stereocenters. The largest absolute Gasteiger partial charge is 0.335 e. The van der Waals surface area contributed by atoms with Gasteiger partial charge in [-0.15, -0.1) is 12.4 Å². The van der Waals surface area contributed by atoms with E-state index in [1.54, 1.807) is 4.31 Å². The lowest BCUT2D eigenvalue weighted by molar-refractivity contribution is -0.139. The molecule has 0 aromatic heterocycles. The highest BCUT2D eigenvalue weighted by atomic mass is 35.5. The Kier molecular flexibility index (Phi) is 7.55. The predicted molar refractivity (Wildman–Crippen MR) is 101 cm³/mol. The standard InChI is InChI=1S/C17H31N3O3S.ClH/c1-2-3-12-24(22,23)19-10-7-14(8-11-19)17(21)20-15-4-5-16(20)13-18-9-6-15;/h14-16,18H,2-13H2,1H3;1H. The van der Waals surface area contributed by atoms with Crippen LogP contribution in [0.5, 0.6) is 0 Å². The van der Waals surface area contributed by atoms with Crippen LogP contribution in [-0.2, 0) is 14.8 Å². The van der Waals surface area contributed by atoms with Crippen LogP contribution in [0.4, 0.5) is 0 Å². The minimum atomic E-state index is -3.14. The van der Waals surface area contributed by atoms with E-state index in [1.165, 1.54) is 0 Å². The first-order valence-electron chi connectivity index (χ1n) is 9.53. The van der Waals surface area contributed by atoms with Gasteiger partial charge in [0.25, 0.3) is 0 Å². The van der Waals surface area contributed by atoms with Gasteiger partial charge in [-0.1, -0.05) is 13.3 Å². The second-order valence-electron chi connectivity index (χ2n) is 7.47. The highest BCUT2D eigenvalue weighted by molar-refractivity contribution is 7.89. The van der Waals surface area contributed by atoms with Gasteiger partial charge in [0, 0.05) is 37.6 Å². The van der Waals surface area contributed by atoms with Crippen LogP contribution in [0, 0.1) is 5.92 Å². The molecule has 25 heavy (non-hydrogen) atoms. The normalized spacial score (nSPS) is 28.4. The van der Waals surface area contributed by atoms with Crippen LogP contribution < -0.4 is 5.32 Å². The van der Waals surface area contributed by atoms with Crippen molar-refractivity contribution in [1.82, 2.24) is 14.5 Å². The second kappa shape index (κ2) is 9.02. The van der Waals surface area contributed by atoms with Crippen LogP contribution in [0.3, 0.4) is 0 Å². The van der Waals surface area contributed by atoms with Crippen LogP contribution in [0.15, 0.2) is 0 Å². The minimum Gasteiger partial charge on any atom is -0.335 e. The van der Waals surface area contributed by atoms with Gasteiger partial charge in [-0.2, -0.15) is 0 Å². The SMILES string of the molecule is CCCCS(=O)(=O)N1CCC(C(=O)N2C3CCNCC2CC3)CC1.Cl. The van der Waals surface area contributed by atoms with Gasteiger partial charge in [0.05, 0.1) is 5.75 Å². The lowest BCUT2D eigenvalue weighted by atomic mass is 9.95. The van der Waals surface area contributed by atoms with Gasteiger partial charge in [-0.25, -0.2) is 12.7 Å². The maximum Gasteiger partial charge on any atom is 0.226 e. The number of rotatable bonds is 5. The van der Waals surface area contributed by atoms with E-state index in [0.717, 1.165) is 38.8 Å². The van der Waals surface area contributed by atoms with E-state index in [0.29, 0.717) is 44.4 Å². The highest BCUT2D eigenvalue weighted by Gasteiger charge is 2.41. The number of amides is 1. The van der Waals surface area contributed by atoms with Crippen LogP contribution in [-0.4, -0.2) is 67.5 Å². The number of fused-ring (bicyclic) bond motifs is 2. The van der Waals surface area contributed by atoms with Crippen LogP contribution in [0.25, 0.3) is 0 Å². The quantitative estimate of drug-likeness (QED) is 0.770. The summed E-state index contributed by atoms with van der Waals surface area (Å²) in [6.45, 7) is 4.92. The summed E-state index contributed by atoms with van der Waals surface area (Å²) in [6.07, 6.45) is 6.23. The Morgan fingerprint density at radius 2 is 1.76 bits per heavy atom. The zero-order valence-electron chi connectivity index (χ0n) is 15.2. The summed E-state index contributed by atoms with van der Waals surface area (Å²) in [7, 11) is -3.14. The average Bonchev–Trinajstić information content (AvgIpc) is 2.85. The van der Waals surface area contributed by atoms with E-state index in [9.17, 15) is 13.2 Å². The van der Waals surface area contributed by atoms with Crippen molar-refractivity contribution in [2.45, 2.75) is 64.0 Å². The second-order valence-corrected chi connectivity index (χ2v) is 9.55. The van der Waals surface area contributed by atoms with Crippen molar-refractivity contribution in [1.29, 1.82) is 0 Å². The van der Waals surface area contributed by atoms with Crippen LogP contribution in [0.2, 0.25) is 0 Å². The fourth-order valence-corrected chi connectivity index (χ4v) is 6.07. The highest BCUT2D eigenvalue weighted by Crippen LogP contribution is 2.32. The summed E-state index contributed by atoms with van der Waals surface area (Å²) in [4.78, 5) is 15.2. The van der Waals surface area contributed by atoms with Crippen molar-refractivity contribution >= 4 is 28.3 Å². The molecular weight excluding hydrogens is 362 g/mol. The predicted octanol–water partition coefficient (Wildman–Crippen LogP) is 1.60. The molecule has 1 amide bonds. The molecule has 6 nitrogen and oxygen atoms in total. The van der Waals surface area contributed by atoms with E-state index in [4.69, 9.17) is 0 Å². The molecule has 0 aliphatic carbocycles. The van der Waals surface area contributed by atoms with E-state index in [-0.39, 0.29) is 30.0 Å². The summed E-state index contributed by atoms with van der Waals surface area (Å²) < 4.78 is 26.2. The minimum absolute atomic E-state index is 0. The fraction of sp³-hybridized carbons (Fsp3) is 0.941. The van der Waals surface area contributed by atoms with E-state index in [1.807, 2.05) is 6.92 Å². The molecule has 0 saturated carbocycles. The number of carbonyl (C=O) groups is 1. The van der Waals surface area contributed by atoms with Gasteiger partial charge in [-0.05, 0) is 45.1 Å². The molecule has 0 aromatic carbocycles. The van der Waals surface area contributed by atoms with Crippen LogP contribution >= 0.6 is 12.4 Å². The van der Waals surface area contributed by atoms with Crippen LogP contribution in [0.1, 0.15) is 51.9 Å². The maximum atomic E-state index is 13.0. The molecule has 0 radical (unpaired) electrons. The van der Waals surface area contributed by atoms with Crippen molar-refractivity contribution in [2.75, 3.05) is 31.9 Å². The summed E-state index contributed by atoms with van der Waals surface area (Å²) in [6, 6.07) is 0.736. The molecule has 3 fully saturated rings. The summed E-state index contributed by atoms with van der Waals surface area (Å²) in [5.41, 5.74) is 0. The zero-order chi connectivity index (χ0) is 17.2.